The van der Waals surface area contributed by atoms with Crippen molar-refractivity contribution in [2.45, 2.75) is 19.3 Å². The highest BCUT2D eigenvalue weighted by molar-refractivity contribution is 5.77. The lowest BCUT2D eigenvalue weighted by molar-refractivity contribution is -0.892. The number of piperazine rings is 1. The molecule has 0 spiro atoms. The molecular weight excluding hydrogens is 362 g/mol. The van der Waals surface area contributed by atoms with Gasteiger partial charge in [0.25, 0.3) is 5.91 Å². The van der Waals surface area contributed by atoms with Crippen LogP contribution in [0.1, 0.15) is 18.4 Å². The summed E-state index contributed by atoms with van der Waals surface area (Å²) in [6.07, 6.45) is 3.36. The Kier molecular flexibility index (Phi) is 6.35. The summed E-state index contributed by atoms with van der Waals surface area (Å²) in [5.41, 5.74) is 2.56. The van der Waals surface area contributed by atoms with Gasteiger partial charge in [0.2, 0.25) is 0 Å². The highest BCUT2D eigenvalue weighted by atomic mass is 16.3. The standard InChI is InChI=1S/C24H31N3O2/c28-23-8-6-22(7-9-23)26-16-14-25(15-17-26)19-24(29)27-12-10-21(11-13-27)18-20-4-2-1-3-5-20/h1-9,21,28H,10-19H2/p+1. The molecule has 0 atom stereocenters. The summed E-state index contributed by atoms with van der Waals surface area (Å²) in [4.78, 5) is 18.6. The van der Waals surface area contributed by atoms with E-state index in [0.29, 0.717) is 24.1 Å². The molecule has 4 rings (SSSR count). The molecule has 29 heavy (non-hydrogen) atoms. The molecule has 0 aliphatic carbocycles. The van der Waals surface area contributed by atoms with E-state index in [9.17, 15) is 9.90 Å². The number of carbonyl (C=O) groups excluding carboxylic acids is 1. The maximum atomic E-state index is 12.8. The van der Waals surface area contributed by atoms with Gasteiger partial charge in [-0.3, -0.25) is 4.79 Å². The summed E-state index contributed by atoms with van der Waals surface area (Å²) in [5, 5.41) is 9.45. The van der Waals surface area contributed by atoms with Gasteiger partial charge in [-0.05, 0) is 55.0 Å². The first kappa shape index (κ1) is 19.8. The predicted molar refractivity (Wildman–Crippen MR) is 115 cm³/mol. The van der Waals surface area contributed by atoms with Crippen molar-refractivity contribution in [3.63, 3.8) is 0 Å². The first-order valence-electron chi connectivity index (χ1n) is 10.9. The Morgan fingerprint density at radius 1 is 0.931 bits per heavy atom. The molecule has 2 N–H and O–H groups in total. The molecule has 2 aliphatic rings. The fraction of sp³-hybridized carbons (Fsp3) is 0.458. The molecule has 0 radical (unpaired) electrons. The van der Waals surface area contributed by atoms with Crippen molar-refractivity contribution in [1.29, 1.82) is 0 Å². The third-order valence-electron chi connectivity index (χ3n) is 6.42. The number of nitrogens with zero attached hydrogens (tertiary/aromatic N) is 2. The Balaban J connectivity index is 1.19. The smallest absolute Gasteiger partial charge is 0.277 e. The molecule has 2 aliphatic heterocycles. The van der Waals surface area contributed by atoms with Gasteiger partial charge in [-0.2, -0.15) is 0 Å². The Hall–Kier alpha value is -2.53. The molecule has 2 fully saturated rings. The number of amides is 1. The minimum atomic E-state index is 0.302. The number of nitrogens with one attached hydrogen (secondary N) is 1. The fourth-order valence-electron chi connectivity index (χ4n) is 4.58. The summed E-state index contributed by atoms with van der Waals surface area (Å²) < 4.78 is 0. The van der Waals surface area contributed by atoms with Gasteiger partial charge in [-0.25, -0.2) is 0 Å². The van der Waals surface area contributed by atoms with Gasteiger partial charge in [-0.1, -0.05) is 30.3 Å². The first-order valence-corrected chi connectivity index (χ1v) is 10.9. The molecule has 2 aromatic carbocycles. The number of hydrogen-bond donors (Lipinski definition) is 2. The second-order valence-electron chi connectivity index (χ2n) is 8.44. The highest BCUT2D eigenvalue weighted by Crippen LogP contribution is 2.21. The van der Waals surface area contributed by atoms with Crippen LogP contribution in [0.15, 0.2) is 54.6 Å². The lowest BCUT2D eigenvalue weighted by Crippen LogP contribution is -3.16. The normalized spacial score (nSPS) is 18.8. The van der Waals surface area contributed by atoms with E-state index in [1.807, 2.05) is 12.1 Å². The first-order chi connectivity index (χ1) is 14.2. The van der Waals surface area contributed by atoms with Crippen molar-refractivity contribution in [3.8, 4) is 5.75 Å². The fourth-order valence-corrected chi connectivity index (χ4v) is 4.58. The Morgan fingerprint density at radius 2 is 1.59 bits per heavy atom. The maximum absolute atomic E-state index is 12.8. The van der Waals surface area contributed by atoms with Crippen LogP contribution in [-0.4, -0.2) is 61.7 Å². The summed E-state index contributed by atoms with van der Waals surface area (Å²) in [6.45, 7) is 6.30. The number of likely N-dealkylation sites (tertiary alicyclic amines) is 1. The zero-order valence-electron chi connectivity index (χ0n) is 17.1. The van der Waals surface area contributed by atoms with Gasteiger partial charge in [0.05, 0.1) is 26.2 Å². The number of hydrogen-bond acceptors (Lipinski definition) is 3. The molecule has 2 heterocycles. The van der Waals surface area contributed by atoms with Crippen LogP contribution in [-0.2, 0) is 11.2 Å². The van der Waals surface area contributed by atoms with Crippen LogP contribution in [0.25, 0.3) is 0 Å². The monoisotopic (exact) mass is 394 g/mol. The maximum Gasteiger partial charge on any atom is 0.277 e. The molecule has 5 nitrogen and oxygen atoms in total. The Bertz CT molecular complexity index is 778. The van der Waals surface area contributed by atoms with Crippen molar-refractivity contribution in [2.75, 3.05) is 50.7 Å². The van der Waals surface area contributed by atoms with E-state index in [2.05, 4.69) is 40.1 Å². The van der Waals surface area contributed by atoms with Crippen molar-refractivity contribution in [3.05, 3.63) is 60.2 Å². The molecule has 0 saturated carbocycles. The lowest BCUT2D eigenvalue weighted by atomic mass is 9.90. The van der Waals surface area contributed by atoms with E-state index in [4.69, 9.17) is 0 Å². The summed E-state index contributed by atoms with van der Waals surface area (Å²) >= 11 is 0. The topological polar surface area (TPSA) is 48.2 Å². The Morgan fingerprint density at radius 3 is 2.24 bits per heavy atom. The SMILES string of the molecule is O=C(C[NH+]1CCN(c2ccc(O)cc2)CC1)N1CCC(Cc2ccccc2)CC1. The van der Waals surface area contributed by atoms with Crippen LogP contribution in [0.5, 0.6) is 5.75 Å². The number of anilines is 1. The molecule has 2 aromatic rings. The Labute approximate surface area is 173 Å². The number of piperidine rings is 1. The average molecular weight is 395 g/mol. The van der Waals surface area contributed by atoms with Gasteiger partial charge in [-0.15, -0.1) is 0 Å². The molecule has 154 valence electrons. The minimum Gasteiger partial charge on any atom is -0.508 e. The second-order valence-corrected chi connectivity index (χ2v) is 8.44. The summed E-state index contributed by atoms with van der Waals surface area (Å²) in [7, 11) is 0. The van der Waals surface area contributed by atoms with E-state index >= 15 is 0 Å². The summed E-state index contributed by atoms with van der Waals surface area (Å²) in [5.74, 6) is 1.31. The lowest BCUT2D eigenvalue weighted by Gasteiger charge is -2.36. The van der Waals surface area contributed by atoms with Crippen LogP contribution in [0.2, 0.25) is 0 Å². The average Bonchev–Trinajstić information content (AvgIpc) is 2.76. The van der Waals surface area contributed by atoms with Crippen LogP contribution in [0.3, 0.4) is 0 Å². The number of quaternary nitrogens is 1. The molecule has 0 aromatic heterocycles. The number of phenolic OH excluding ortho intramolecular Hbond substituents is 1. The predicted octanol–water partition coefficient (Wildman–Crippen LogP) is 1.58. The van der Waals surface area contributed by atoms with E-state index in [1.165, 1.54) is 10.5 Å². The van der Waals surface area contributed by atoms with Crippen LogP contribution in [0.4, 0.5) is 5.69 Å². The van der Waals surface area contributed by atoms with Crippen LogP contribution in [0, 0.1) is 5.92 Å². The third-order valence-corrected chi connectivity index (χ3v) is 6.42. The molecular formula is C24H32N3O2+. The number of rotatable bonds is 5. The highest BCUT2D eigenvalue weighted by Gasteiger charge is 2.27. The van der Waals surface area contributed by atoms with Crippen molar-refractivity contribution in [2.24, 2.45) is 5.92 Å². The number of aromatic hydroxyl groups is 1. The van der Waals surface area contributed by atoms with E-state index in [-0.39, 0.29) is 0 Å². The van der Waals surface area contributed by atoms with Gasteiger partial charge >= 0.3 is 0 Å². The van der Waals surface area contributed by atoms with Crippen molar-refractivity contribution >= 4 is 11.6 Å². The van der Waals surface area contributed by atoms with Gasteiger partial charge in [0.15, 0.2) is 6.54 Å². The van der Waals surface area contributed by atoms with Gasteiger partial charge < -0.3 is 19.8 Å². The van der Waals surface area contributed by atoms with Crippen LogP contribution < -0.4 is 9.80 Å². The van der Waals surface area contributed by atoms with E-state index in [1.54, 1.807) is 12.1 Å². The zero-order chi connectivity index (χ0) is 20.1. The van der Waals surface area contributed by atoms with Gasteiger partial charge in [0.1, 0.15) is 5.75 Å². The molecule has 0 bridgehead atoms. The third kappa shape index (κ3) is 5.30. The largest absolute Gasteiger partial charge is 0.508 e. The van der Waals surface area contributed by atoms with Gasteiger partial charge in [0, 0.05) is 18.8 Å². The molecule has 1 amide bonds. The second kappa shape index (κ2) is 9.31. The number of benzene rings is 2. The number of phenols is 1. The number of carbonyl (C=O) groups is 1. The van der Waals surface area contributed by atoms with E-state index < -0.39 is 0 Å². The molecule has 0 unspecified atom stereocenters. The molecule has 5 heteroatoms. The minimum absolute atomic E-state index is 0.302. The zero-order valence-corrected chi connectivity index (χ0v) is 17.1. The van der Waals surface area contributed by atoms with E-state index in [0.717, 1.165) is 64.2 Å². The summed E-state index contributed by atoms with van der Waals surface area (Å²) in [6, 6.07) is 18.1. The van der Waals surface area contributed by atoms with Crippen molar-refractivity contribution in [1.82, 2.24) is 4.90 Å². The van der Waals surface area contributed by atoms with Crippen LogP contribution >= 0.6 is 0 Å². The quantitative estimate of drug-likeness (QED) is 0.810. The molecule has 2 saturated heterocycles. The van der Waals surface area contributed by atoms with Crippen molar-refractivity contribution < 1.29 is 14.8 Å².